The molecule has 4 rings (SSSR count). The van der Waals surface area contributed by atoms with Crippen molar-refractivity contribution in [3.63, 3.8) is 0 Å². The van der Waals surface area contributed by atoms with E-state index in [9.17, 15) is 4.79 Å². The number of aromatic nitrogens is 1. The summed E-state index contributed by atoms with van der Waals surface area (Å²) in [5.74, 6) is 2.01. The fraction of sp³-hybridized carbons (Fsp3) is 0.333. The number of rotatable bonds is 6. The minimum atomic E-state index is 0.156. The Labute approximate surface area is 190 Å². The number of likely N-dealkylation sites (tertiary alicyclic amines) is 1. The fourth-order valence-corrected chi connectivity index (χ4v) is 4.39. The Morgan fingerprint density at radius 2 is 1.75 bits per heavy atom. The van der Waals surface area contributed by atoms with E-state index in [1.54, 1.807) is 14.2 Å². The largest absolute Gasteiger partial charge is 0.497 e. The third-order valence-corrected chi connectivity index (χ3v) is 6.06. The van der Waals surface area contributed by atoms with Crippen LogP contribution >= 0.6 is 0 Å². The minimum absolute atomic E-state index is 0.156. The number of hydrogen-bond acceptors (Lipinski definition) is 4. The molecule has 0 radical (unpaired) electrons. The van der Waals surface area contributed by atoms with Gasteiger partial charge in [-0.15, -0.1) is 0 Å². The molecule has 2 aromatic carbocycles. The van der Waals surface area contributed by atoms with E-state index in [4.69, 9.17) is 14.5 Å². The minimum Gasteiger partial charge on any atom is -0.497 e. The van der Waals surface area contributed by atoms with Crippen molar-refractivity contribution < 1.29 is 14.3 Å². The lowest BCUT2D eigenvalue weighted by Gasteiger charge is -2.33. The SMILES string of the molecule is COc1cccc(CC(=O)N2CCC[C@@H](c3cc(-c4cccc(OC)c4)cc(C)n3)C2)c1. The Hall–Kier alpha value is -3.34. The van der Waals surface area contributed by atoms with E-state index in [2.05, 4.69) is 18.2 Å². The van der Waals surface area contributed by atoms with E-state index in [0.717, 1.165) is 59.0 Å². The van der Waals surface area contributed by atoms with Crippen LogP contribution in [0, 0.1) is 6.92 Å². The zero-order chi connectivity index (χ0) is 22.5. The summed E-state index contributed by atoms with van der Waals surface area (Å²) in [4.78, 5) is 19.8. The summed E-state index contributed by atoms with van der Waals surface area (Å²) in [7, 11) is 3.33. The lowest BCUT2D eigenvalue weighted by atomic mass is 9.92. The van der Waals surface area contributed by atoms with Gasteiger partial charge >= 0.3 is 0 Å². The zero-order valence-corrected chi connectivity index (χ0v) is 19.0. The first-order chi connectivity index (χ1) is 15.6. The monoisotopic (exact) mass is 430 g/mol. The van der Waals surface area contributed by atoms with E-state index >= 15 is 0 Å². The summed E-state index contributed by atoms with van der Waals surface area (Å²) < 4.78 is 10.7. The van der Waals surface area contributed by atoms with Gasteiger partial charge in [-0.2, -0.15) is 0 Å². The molecule has 1 fully saturated rings. The standard InChI is InChI=1S/C27H30N2O3/c1-19-13-23(21-8-5-11-25(16-21)32-3)17-26(28-19)22-9-6-12-29(18-22)27(30)15-20-7-4-10-24(14-20)31-2/h4-5,7-8,10-11,13-14,16-17,22H,6,9,12,15,18H2,1-3H3/t22-/m1/s1. The van der Waals surface area contributed by atoms with Crippen LogP contribution in [-0.2, 0) is 11.2 Å². The molecule has 5 heteroatoms. The van der Waals surface area contributed by atoms with Crippen LogP contribution in [-0.4, -0.2) is 43.1 Å². The average Bonchev–Trinajstić information content (AvgIpc) is 2.84. The summed E-state index contributed by atoms with van der Waals surface area (Å²) in [6, 6.07) is 20.1. The predicted molar refractivity (Wildman–Crippen MR) is 126 cm³/mol. The molecule has 1 aliphatic heterocycles. The molecule has 1 atom stereocenters. The summed E-state index contributed by atoms with van der Waals surface area (Å²) in [6.07, 6.45) is 2.41. The molecule has 0 spiro atoms. The Kier molecular flexibility index (Phi) is 6.74. The summed E-state index contributed by atoms with van der Waals surface area (Å²) >= 11 is 0. The number of carbonyl (C=O) groups is 1. The number of hydrogen-bond donors (Lipinski definition) is 0. The Morgan fingerprint density at radius 1 is 1.00 bits per heavy atom. The maximum atomic E-state index is 13.0. The van der Waals surface area contributed by atoms with Crippen molar-refractivity contribution in [2.75, 3.05) is 27.3 Å². The molecule has 3 aromatic rings. The van der Waals surface area contributed by atoms with E-state index in [1.807, 2.05) is 54.3 Å². The van der Waals surface area contributed by atoms with Crippen LogP contribution in [0.1, 0.15) is 35.7 Å². The number of amides is 1. The first-order valence-electron chi connectivity index (χ1n) is 11.1. The molecule has 0 saturated carbocycles. The van der Waals surface area contributed by atoms with E-state index in [0.29, 0.717) is 13.0 Å². The van der Waals surface area contributed by atoms with Gasteiger partial charge in [0.15, 0.2) is 0 Å². The maximum Gasteiger partial charge on any atom is 0.227 e. The topological polar surface area (TPSA) is 51.7 Å². The van der Waals surface area contributed by atoms with Crippen molar-refractivity contribution in [1.82, 2.24) is 9.88 Å². The number of carbonyl (C=O) groups excluding carboxylic acids is 1. The van der Waals surface area contributed by atoms with Crippen LogP contribution < -0.4 is 9.47 Å². The first kappa shape index (κ1) is 21.9. The smallest absolute Gasteiger partial charge is 0.227 e. The highest BCUT2D eigenvalue weighted by molar-refractivity contribution is 5.79. The van der Waals surface area contributed by atoms with Gasteiger partial charge in [0.25, 0.3) is 0 Å². The molecule has 0 N–H and O–H groups in total. The number of nitrogens with zero attached hydrogens (tertiary/aromatic N) is 2. The van der Waals surface area contributed by atoms with Crippen LogP contribution in [0.3, 0.4) is 0 Å². The number of pyridine rings is 1. The van der Waals surface area contributed by atoms with Crippen molar-refractivity contribution >= 4 is 5.91 Å². The Bertz CT molecular complexity index is 1100. The molecular weight excluding hydrogens is 400 g/mol. The van der Waals surface area contributed by atoms with Gasteiger partial charge in [0.1, 0.15) is 11.5 Å². The highest BCUT2D eigenvalue weighted by atomic mass is 16.5. The van der Waals surface area contributed by atoms with Gasteiger partial charge < -0.3 is 14.4 Å². The summed E-state index contributed by atoms with van der Waals surface area (Å²) in [6.45, 7) is 3.53. The molecule has 1 amide bonds. The van der Waals surface area contributed by atoms with Gasteiger partial charge in [0, 0.05) is 30.4 Å². The van der Waals surface area contributed by atoms with E-state index in [-0.39, 0.29) is 11.8 Å². The molecule has 1 aliphatic rings. The molecule has 0 aliphatic carbocycles. The molecular formula is C27H30N2O3. The number of ether oxygens (including phenoxy) is 2. The van der Waals surface area contributed by atoms with Crippen molar-refractivity contribution in [3.8, 4) is 22.6 Å². The van der Waals surface area contributed by atoms with Crippen molar-refractivity contribution in [1.29, 1.82) is 0 Å². The van der Waals surface area contributed by atoms with Gasteiger partial charge in [-0.25, -0.2) is 0 Å². The van der Waals surface area contributed by atoms with Crippen LogP contribution in [0.25, 0.3) is 11.1 Å². The van der Waals surface area contributed by atoms with Gasteiger partial charge in [0.05, 0.1) is 20.6 Å². The number of benzene rings is 2. The van der Waals surface area contributed by atoms with Gasteiger partial charge in [-0.1, -0.05) is 24.3 Å². The second kappa shape index (κ2) is 9.86. The van der Waals surface area contributed by atoms with Gasteiger partial charge in [-0.05, 0) is 72.9 Å². The fourth-order valence-electron chi connectivity index (χ4n) is 4.39. The van der Waals surface area contributed by atoms with Gasteiger partial charge in [-0.3, -0.25) is 9.78 Å². The molecule has 1 saturated heterocycles. The first-order valence-corrected chi connectivity index (χ1v) is 11.1. The predicted octanol–water partition coefficient (Wildman–Crippen LogP) is 5.02. The molecule has 1 aromatic heterocycles. The zero-order valence-electron chi connectivity index (χ0n) is 19.0. The summed E-state index contributed by atoms with van der Waals surface area (Å²) in [5, 5.41) is 0. The van der Waals surface area contributed by atoms with Crippen LogP contribution in [0.4, 0.5) is 0 Å². The van der Waals surface area contributed by atoms with E-state index < -0.39 is 0 Å². The van der Waals surface area contributed by atoms with Crippen LogP contribution in [0.2, 0.25) is 0 Å². The highest BCUT2D eigenvalue weighted by Crippen LogP contribution is 2.31. The van der Waals surface area contributed by atoms with Crippen LogP contribution in [0.15, 0.2) is 60.7 Å². The molecule has 166 valence electrons. The third-order valence-electron chi connectivity index (χ3n) is 6.06. The molecule has 5 nitrogen and oxygen atoms in total. The van der Waals surface area contributed by atoms with Crippen LogP contribution in [0.5, 0.6) is 11.5 Å². The number of piperidine rings is 1. The maximum absolute atomic E-state index is 13.0. The quantitative estimate of drug-likeness (QED) is 0.551. The molecule has 0 unspecified atom stereocenters. The van der Waals surface area contributed by atoms with Gasteiger partial charge in [0.2, 0.25) is 5.91 Å². The third kappa shape index (κ3) is 5.10. The molecule has 32 heavy (non-hydrogen) atoms. The highest BCUT2D eigenvalue weighted by Gasteiger charge is 2.26. The second-order valence-electron chi connectivity index (χ2n) is 8.36. The summed E-state index contributed by atoms with van der Waals surface area (Å²) in [5.41, 5.74) is 5.26. The second-order valence-corrected chi connectivity index (χ2v) is 8.36. The number of methoxy groups -OCH3 is 2. The van der Waals surface area contributed by atoms with Crippen molar-refractivity contribution in [3.05, 3.63) is 77.6 Å². The Balaban J connectivity index is 1.51. The number of aryl methyl sites for hydroxylation is 1. The van der Waals surface area contributed by atoms with Crippen molar-refractivity contribution in [2.24, 2.45) is 0 Å². The molecule has 0 bridgehead atoms. The normalized spacial score (nSPS) is 16.0. The van der Waals surface area contributed by atoms with E-state index in [1.165, 1.54) is 0 Å². The van der Waals surface area contributed by atoms with Crippen molar-refractivity contribution in [2.45, 2.75) is 32.1 Å². The molecule has 2 heterocycles. The Morgan fingerprint density at radius 3 is 2.53 bits per heavy atom. The lowest BCUT2D eigenvalue weighted by Crippen LogP contribution is -2.40. The average molecular weight is 431 g/mol. The lowest BCUT2D eigenvalue weighted by molar-refractivity contribution is -0.131.